The molecular formula is C11H15N7. The van der Waals surface area contributed by atoms with Gasteiger partial charge in [0.2, 0.25) is 0 Å². The Morgan fingerprint density at radius 3 is 3.00 bits per heavy atom. The first-order chi connectivity index (χ1) is 8.92. The van der Waals surface area contributed by atoms with E-state index in [0.29, 0.717) is 5.92 Å². The SMILES string of the molecule is C1CCn2nnnc2[C@H](c2nc(C3CC3)n[nH]2)C1. The number of aryl methyl sites for hydroxylation is 1. The second-order valence-corrected chi connectivity index (χ2v) is 5.16. The van der Waals surface area contributed by atoms with Gasteiger partial charge in [-0.1, -0.05) is 6.42 Å². The fourth-order valence-electron chi connectivity index (χ4n) is 2.59. The summed E-state index contributed by atoms with van der Waals surface area (Å²) >= 11 is 0. The van der Waals surface area contributed by atoms with Crippen LogP contribution in [0.4, 0.5) is 0 Å². The van der Waals surface area contributed by atoms with E-state index >= 15 is 0 Å². The molecule has 0 bridgehead atoms. The Bertz CT molecular complexity index is 553. The molecule has 1 aliphatic heterocycles. The zero-order chi connectivity index (χ0) is 11.9. The molecule has 7 nitrogen and oxygen atoms in total. The fraction of sp³-hybridized carbons (Fsp3) is 0.727. The van der Waals surface area contributed by atoms with E-state index in [4.69, 9.17) is 0 Å². The van der Waals surface area contributed by atoms with Gasteiger partial charge in [0.15, 0.2) is 11.6 Å². The molecule has 7 heteroatoms. The van der Waals surface area contributed by atoms with E-state index in [-0.39, 0.29) is 5.92 Å². The average molecular weight is 245 g/mol. The van der Waals surface area contributed by atoms with Crippen LogP contribution in [0.1, 0.15) is 61.4 Å². The first-order valence-corrected chi connectivity index (χ1v) is 6.60. The number of nitrogens with zero attached hydrogens (tertiary/aromatic N) is 6. The van der Waals surface area contributed by atoms with Gasteiger partial charge in [-0.25, -0.2) is 9.67 Å². The molecule has 0 unspecified atom stereocenters. The van der Waals surface area contributed by atoms with Crippen LogP contribution >= 0.6 is 0 Å². The minimum absolute atomic E-state index is 0.169. The summed E-state index contributed by atoms with van der Waals surface area (Å²) in [6.07, 6.45) is 5.77. The lowest BCUT2D eigenvalue weighted by Gasteiger charge is -2.08. The molecule has 1 atom stereocenters. The molecule has 0 spiro atoms. The topological polar surface area (TPSA) is 85.2 Å². The minimum Gasteiger partial charge on any atom is -0.262 e. The number of rotatable bonds is 2. The smallest absolute Gasteiger partial charge is 0.161 e. The molecule has 1 fully saturated rings. The first-order valence-electron chi connectivity index (χ1n) is 6.60. The monoisotopic (exact) mass is 245 g/mol. The highest BCUT2D eigenvalue weighted by Crippen LogP contribution is 2.38. The number of hydrogen-bond donors (Lipinski definition) is 1. The van der Waals surface area contributed by atoms with Crippen molar-refractivity contribution in [3.05, 3.63) is 17.5 Å². The quantitative estimate of drug-likeness (QED) is 0.852. The standard InChI is InChI=1S/C11H15N7/c1-2-6-18-11(15-16-17-18)8(3-1)10-12-9(13-14-10)7-4-5-7/h7-8H,1-6H2,(H,12,13,14)/t8-/m0/s1. The Morgan fingerprint density at radius 1 is 1.17 bits per heavy atom. The lowest BCUT2D eigenvalue weighted by Crippen LogP contribution is -2.10. The van der Waals surface area contributed by atoms with Crippen LogP contribution in [-0.2, 0) is 6.54 Å². The van der Waals surface area contributed by atoms with Crippen LogP contribution in [-0.4, -0.2) is 35.4 Å². The predicted molar refractivity (Wildman–Crippen MR) is 61.9 cm³/mol. The van der Waals surface area contributed by atoms with Crippen molar-refractivity contribution in [2.75, 3.05) is 0 Å². The zero-order valence-corrected chi connectivity index (χ0v) is 10.1. The average Bonchev–Trinajstić information content (AvgIpc) is 3.02. The largest absolute Gasteiger partial charge is 0.262 e. The maximum absolute atomic E-state index is 4.64. The van der Waals surface area contributed by atoms with Crippen molar-refractivity contribution < 1.29 is 0 Å². The third-order valence-electron chi connectivity index (χ3n) is 3.78. The number of aromatic nitrogens is 7. The van der Waals surface area contributed by atoms with Gasteiger partial charge in [0.05, 0.1) is 5.92 Å². The van der Waals surface area contributed by atoms with Gasteiger partial charge in [-0.05, 0) is 36.1 Å². The van der Waals surface area contributed by atoms with Crippen LogP contribution in [0.15, 0.2) is 0 Å². The Morgan fingerprint density at radius 2 is 2.11 bits per heavy atom. The summed E-state index contributed by atoms with van der Waals surface area (Å²) in [5.41, 5.74) is 0. The highest BCUT2D eigenvalue weighted by molar-refractivity contribution is 5.14. The Kier molecular flexibility index (Phi) is 2.18. The molecule has 94 valence electrons. The van der Waals surface area contributed by atoms with Gasteiger partial charge < -0.3 is 0 Å². The Balaban J connectivity index is 1.70. The van der Waals surface area contributed by atoms with Crippen LogP contribution < -0.4 is 0 Å². The number of nitrogens with one attached hydrogen (secondary N) is 1. The molecule has 1 saturated carbocycles. The van der Waals surface area contributed by atoms with Crippen LogP contribution in [0.25, 0.3) is 0 Å². The first kappa shape index (κ1) is 10.2. The van der Waals surface area contributed by atoms with Crippen LogP contribution in [0.2, 0.25) is 0 Å². The maximum Gasteiger partial charge on any atom is 0.161 e. The van der Waals surface area contributed by atoms with E-state index in [2.05, 4.69) is 30.7 Å². The van der Waals surface area contributed by atoms with E-state index in [1.54, 1.807) is 0 Å². The molecule has 0 radical (unpaired) electrons. The van der Waals surface area contributed by atoms with Gasteiger partial charge in [-0.3, -0.25) is 5.10 Å². The highest BCUT2D eigenvalue weighted by atomic mass is 15.5. The van der Waals surface area contributed by atoms with Crippen LogP contribution in [0.5, 0.6) is 0 Å². The summed E-state index contributed by atoms with van der Waals surface area (Å²) in [4.78, 5) is 4.64. The van der Waals surface area contributed by atoms with E-state index in [9.17, 15) is 0 Å². The van der Waals surface area contributed by atoms with E-state index in [1.807, 2.05) is 4.68 Å². The molecular weight excluding hydrogens is 230 g/mol. The van der Waals surface area contributed by atoms with Crippen molar-refractivity contribution in [3.8, 4) is 0 Å². The molecule has 2 aromatic rings. The van der Waals surface area contributed by atoms with Crippen molar-refractivity contribution >= 4 is 0 Å². The highest BCUT2D eigenvalue weighted by Gasteiger charge is 2.31. The molecule has 18 heavy (non-hydrogen) atoms. The molecule has 1 N–H and O–H groups in total. The van der Waals surface area contributed by atoms with Gasteiger partial charge in [0, 0.05) is 12.5 Å². The molecule has 0 saturated heterocycles. The Labute approximate surface area is 104 Å². The lowest BCUT2D eigenvalue weighted by molar-refractivity contribution is 0.556. The third kappa shape index (κ3) is 1.61. The molecule has 3 heterocycles. The van der Waals surface area contributed by atoms with E-state index < -0.39 is 0 Å². The van der Waals surface area contributed by atoms with E-state index in [0.717, 1.165) is 43.3 Å². The van der Waals surface area contributed by atoms with Gasteiger partial charge in [-0.15, -0.1) is 5.10 Å². The lowest BCUT2D eigenvalue weighted by atomic mass is 10.0. The molecule has 0 aromatic carbocycles. The van der Waals surface area contributed by atoms with Crippen molar-refractivity contribution in [2.45, 2.75) is 50.5 Å². The summed E-state index contributed by atoms with van der Waals surface area (Å²) in [6, 6.07) is 0. The summed E-state index contributed by atoms with van der Waals surface area (Å²) in [5.74, 6) is 3.56. The van der Waals surface area contributed by atoms with Crippen molar-refractivity contribution in [3.63, 3.8) is 0 Å². The molecule has 2 aromatic heterocycles. The summed E-state index contributed by atoms with van der Waals surface area (Å²) in [7, 11) is 0. The van der Waals surface area contributed by atoms with Gasteiger partial charge in [0.25, 0.3) is 0 Å². The van der Waals surface area contributed by atoms with Crippen LogP contribution in [0.3, 0.4) is 0 Å². The number of aromatic amines is 1. The number of hydrogen-bond acceptors (Lipinski definition) is 5. The van der Waals surface area contributed by atoms with Gasteiger partial charge in [0.1, 0.15) is 5.82 Å². The van der Waals surface area contributed by atoms with Crippen molar-refractivity contribution in [1.29, 1.82) is 0 Å². The predicted octanol–water partition coefficient (Wildman–Crippen LogP) is 0.984. The summed E-state index contributed by atoms with van der Waals surface area (Å²) in [6.45, 7) is 0.905. The number of tetrazole rings is 1. The fourth-order valence-corrected chi connectivity index (χ4v) is 2.59. The maximum atomic E-state index is 4.64. The molecule has 2 aliphatic rings. The minimum atomic E-state index is 0.169. The number of H-pyrrole nitrogens is 1. The number of fused-ring (bicyclic) bond motifs is 1. The third-order valence-corrected chi connectivity index (χ3v) is 3.78. The second-order valence-electron chi connectivity index (χ2n) is 5.16. The van der Waals surface area contributed by atoms with Crippen molar-refractivity contribution in [2.24, 2.45) is 0 Å². The molecule has 4 rings (SSSR count). The van der Waals surface area contributed by atoms with E-state index in [1.165, 1.54) is 12.8 Å². The normalized spacial score (nSPS) is 23.7. The van der Waals surface area contributed by atoms with Gasteiger partial charge in [-0.2, -0.15) is 5.10 Å². The van der Waals surface area contributed by atoms with Crippen molar-refractivity contribution in [1.82, 2.24) is 35.4 Å². The second kappa shape index (κ2) is 3.86. The summed E-state index contributed by atoms with van der Waals surface area (Å²) in [5, 5.41) is 19.4. The Hall–Kier alpha value is -1.79. The van der Waals surface area contributed by atoms with Gasteiger partial charge >= 0.3 is 0 Å². The molecule has 0 amide bonds. The zero-order valence-electron chi connectivity index (χ0n) is 10.1. The van der Waals surface area contributed by atoms with Crippen LogP contribution in [0, 0.1) is 0 Å². The molecule has 1 aliphatic carbocycles. The summed E-state index contributed by atoms with van der Waals surface area (Å²) < 4.78 is 1.90.